The third kappa shape index (κ3) is 5.05. The summed E-state index contributed by atoms with van der Waals surface area (Å²) in [6.07, 6.45) is -3.10. The lowest BCUT2D eigenvalue weighted by atomic mass is 10.0. The summed E-state index contributed by atoms with van der Waals surface area (Å²) < 4.78 is 49.5. The van der Waals surface area contributed by atoms with Crippen molar-refractivity contribution in [3.05, 3.63) is 93.5 Å². The van der Waals surface area contributed by atoms with Crippen LogP contribution in [0.5, 0.6) is 17.2 Å². The molecule has 6 nitrogen and oxygen atoms in total. The summed E-state index contributed by atoms with van der Waals surface area (Å²) >= 11 is 0. The highest BCUT2D eigenvalue weighted by Crippen LogP contribution is 2.40. The van der Waals surface area contributed by atoms with Crippen LogP contribution < -0.4 is 9.47 Å². The molecule has 162 valence electrons. The van der Waals surface area contributed by atoms with E-state index in [0.717, 1.165) is 11.6 Å². The molecule has 3 rings (SSSR count). The number of allylic oxidation sites excluding steroid dienone is 1. The van der Waals surface area contributed by atoms with E-state index in [1.807, 2.05) is 6.07 Å². The predicted molar refractivity (Wildman–Crippen MR) is 111 cm³/mol. The van der Waals surface area contributed by atoms with Crippen molar-refractivity contribution >= 4 is 17.3 Å². The topological polar surface area (TPSA) is 85.4 Å². The first kappa shape index (κ1) is 22.4. The third-order valence-corrected chi connectivity index (χ3v) is 4.41. The molecule has 0 N–H and O–H groups in total. The van der Waals surface area contributed by atoms with E-state index in [4.69, 9.17) is 9.47 Å². The fourth-order valence-corrected chi connectivity index (χ4v) is 2.86. The Labute approximate surface area is 180 Å². The quantitative estimate of drug-likeness (QED) is 0.190. The number of hydrogen-bond acceptors (Lipinski definition) is 5. The summed E-state index contributed by atoms with van der Waals surface area (Å²) in [5.74, 6) is -0.129. The van der Waals surface area contributed by atoms with Gasteiger partial charge in [-0.15, -0.1) is 0 Å². The maximum Gasteiger partial charge on any atom is 0.416 e. The number of nitrogens with zero attached hydrogens (tertiary/aromatic N) is 2. The van der Waals surface area contributed by atoms with E-state index >= 15 is 0 Å². The summed E-state index contributed by atoms with van der Waals surface area (Å²) in [6, 6.07) is 17.7. The van der Waals surface area contributed by atoms with Crippen LogP contribution >= 0.6 is 0 Å². The summed E-state index contributed by atoms with van der Waals surface area (Å²) in [7, 11) is 1.35. The molecule has 0 saturated heterocycles. The van der Waals surface area contributed by atoms with Gasteiger partial charge in [0.25, 0.3) is 0 Å². The zero-order chi connectivity index (χ0) is 23.3. The number of benzene rings is 3. The van der Waals surface area contributed by atoms with Crippen molar-refractivity contribution in [2.75, 3.05) is 7.11 Å². The van der Waals surface area contributed by atoms with Crippen LogP contribution in [-0.2, 0) is 6.18 Å². The van der Waals surface area contributed by atoms with Gasteiger partial charge in [-0.05, 0) is 41.5 Å². The molecule has 0 heterocycles. The first-order valence-electron chi connectivity index (χ1n) is 9.11. The molecule has 0 aliphatic carbocycles. The molecule has 3 aromatic carbocycles. The van der Waals surface area contributed by atoms with E-state index in [-0.39, 0.29) is 17.2 Å². The van der Waals surface area contributed by atoms with Gasteiger partial charge in [-0.1, -0.05) is 36.4 Å². The molecule has 0 aromatic heterocycles. The van der Waals surface area contributed by atoms with Gasteiger partial charge in [0.2, 0.25) is 5.75 Å². The standard InChI is InChI=1S/C23H15F3N2O4/c1-31-22-12-15(11-17(14-27)16-5-3-2-4-6-16)7-9-21(22)32-20-10-8-18(23(24,25)26)13-19(20)28(29)30/h2-13H,1H3/b17-11+. The van der Waals surface area contributed by atoms with Gasteiger partial charge in [0, 0.05) is 6.07 Å². The third-order valence-electron chi connectivity index (χ3n) is 4.41. The monoisotopic (exact) mass is 440 g/mol. The van der Waals surface area contributed by atoms with Crippen molar-refractivity contribution in [3.63, 3.8) is 0 Å². The molecule has 32 heavy (non-hydrogen) atoms. The van der Waals surface area contributed by atoms with Gasteiger partial charge in [-0.3, -0.25) is 10.1 Å². The number of alkyl halides is 3. The van der Waals surface area contributed by atoms with Crippen LogP contribution in [0, 0.1) is 21.4 Å². The molecule has 0 saturated carbocycles. The number of methoxy groups -OCH3 is 1. The number of rotatable bonds is 6. The molecular weight excluding hydrogens is 425 g/mol. The summed E-state index contributed by atoms with van der Waals surface area (Å²) in [5, 5.41) is 20.7. The van der Waals surface area contributed by atoms with Crippen molar-refractivity contribution in [1.82, 2.24) is 0 Å². The molecule has 3 aromatic rings. The number of nitro groups is 1. The molecule has 9 heteroatoms. The van der Waals surface area contributed by atoms with E-state index in [1.165, 1.54) is 13.2 Å². The van der Waals surface area contributed by atoms with Crippen molar-refractivity contribution < 1.29 is 27.6 Å². The molecule has 0 atom stereocenters. The summed E-state index contributed by atoms with van der Waals surface area (Å²) in [4.78, 5) is 10.3. The summed E-state index contributed by atoms with van der Waals surface area (Å²) in [6.45, 7) is 0. The molecule has 0 aliphatic rings. The van der Waals surface area contributed by atoms with Crippen LogP contribution in [0.25, 0.3) is 11.6 Å². The van der Waals surface area contributed by atoms with E-state index in [0.29, 0.717) is 23.3 Å². The van der Waals surface area contributed by atoms with Crippen LogP contribution in [-0.4, -0.2) is 12.0 Å². The number of nitro benzene ring substituents is 1. The minimum atomic E-state index is -4.73. The normalized spacial score (nSPS) is 11.5. The van der Waals surface area contributed by atoms with Crippen LogP contribution in [0.1, 0.15) is 16.7 Å². The zero-order valence-corrected chi connectivity index (χ0v) is 16.6. The minimum absolute atomic E-state index is 0.0609. The lowest BCUT2D eigenvalue weighted by Crippen LogP contribution is -2.06. The second-order valence-electron chi connectivity index (χ2n) is 6.49. The van der Waals surface area contributed by atoms with Crippen molar-refractivity contribution in [2.24, 2.45) is 0 Å². The number of ether oxygens (including phenoxy) is 2. The van der Waals surface area contributed by atoms with E-state index in [9.17, 15) is 28.5 Å². The van der Waals surface area contributed by atoms with Gasteiger partial charge in [-0.25, -0.2) is 0 Å². The highest BCUT2D eigenvalue weighted by Gasteiger charge is 2.33. The highest BCUT2D eigenvalue weighted by molar-refractivity contribution is 5.89. The molecule has 0 radical (unpaired) electrons. The van der Waals surface area contributed by atoms with Gasteiger partial charge in [0.1, 0.15) is 0 Å². The van der Waals surface area contributed by atoms with Gasteiger partial charge in [0.05, 0.1) is 29.2 Å². The average Bonchev–Trinajstić information content (AvgIpc) is 2.78. The zero-order valence-electron chi connectivity index (χ0n) is 16.6. The second kappa shape index (κ2) is 9.22. The minimum Gasteiger partial charge on any atom is -0.493 e. The number of nitriles is 1. The van der Waals surface area contributed by atoms with Crippen LogP contribution in [0.3, 0.4) is 0 Å². The van der Waals surface area contributed by atoms with Crippen LogP contribution in [0.15, 0.2) is 66.7 Å². The van der Waals surface area contributed by atoms with E-state index in [1.54, 1.807) is 42.5 Å². The Kier molecular flexibility index (Phi) is 6.45. The molecule has 0 bridgehead atoms. The molecule has 0 unspecified atom stereocenters. The van der Waals surface area contributed by atoms with Gasteiger partial charge >= 0.3 is 11.9 Å². The first-order valence-corrected chi connectivity index (χ1v) is 9.11. The predicted octanol–water partition coefficient (Wildman–Crippen LogP) is 6.48. The van der Waals surface area contributed by atoms with Crippen LogP contribution in [0.2, 0.25) is 0 Å². The molecule has 0 aliphatic heterocycles. The van der Waals surface area contributed by atoms with E-state index in [2.05, 4.69) is 6.07 Å². The Balaban J connectivity index is 1.96. The number of hydrogen-bond donors (Lipinski definition) is 0. The van der Waals surface area contributed by atoms with Crippen molar-refractivity contribution in [1.29, 1.82) is 5.26 Å². The van der Waals surface area contributed by atoms with Crippen molar-refractivity contribution in [2.45, 2.75) is 6.18 Å². The average molecular weight is 440 g/mol. The Bertz CT molecular complexity index is 1220. The Morgan fingerprint density at radius 1 is 1.03 bits per heavy atom. The largest absolute Gasteiger partial charge is 0.493 e. The van der Waals surface area contributed by atoms with Gasteiger partial charge < -0.3 is 9.47 Å². The number of halogens is 3. The maximum absolute atomic E-state index is 12.9. The lowest BCUT2D eigenvalue weighted by molar-refractivity contribution is -0.385. The van der Waals surface area contributed by atoms with Gasteiger partial charge in [0.15, 0.2) is 11.5 Å². The van der Waals surface area contributed by atoms with Crippen LogP contribution in [0.4, 0.5) is 18.9 Å². The molecule has 0 fully saturated rings. The maximum atomic E-state index is 12.9. The first-order chi connectivity index (χ1) is 15.2. The SMILES string of the molecule is COc1cc(/C=C(\C#N)c2ccccc2)ccc1Oc1ccc(C(F)(F)F)cc1[N+](=O)[O-]. The lowest BCUT2D eigenvalue weighted by Gasteiger charge is -2.13. The van der Waals surface area contributed by atoms with E-state index < -0.39 is 22.4 Å². The fourth-order valence-electron chi connectivity index (χ4n) is 2.86. The smallest absolute Gasteiger partial charge is 0.416 e. The Morgan fingerprint density at radius 2 is 1.72 bits per heavy atom. The Morgan fingerprint density at radius 3 is 2.31 bits per heavy atom. The van der Waals surface area contributed by atoms with Gasteiger partial charge in [-0.2, -0.15) is 18.4 Å². The highest BCUT2D eigenvalue weighted by atomic mass is 19.4. The van der Waals surface area contributed by atoms with Crippen molar-refractivity contribution in [3.8, 4) is 23.3 Å². The second-order valence-corrected chi connectivity index (χ2v) is 6.49. The molecular formula is C23H15F3N2O4. The summed E-state index contributed by atoms with van der Waals surface area (Å²) in [5.41, 5.74) is -0.276. The molecule has 0 spiro atoms. The molecule has 0 amide bonds. The fraction of sp³-hybridized carbons (Fsp3) is 0.0870. The Hall–Kier alpha value is -4.32.